The second-order valence-corrected chi connectivity index (χ2v) is 8.37. The molecule has 0 aliphatic heterocycles. The minimum absolute atomic E-state index is 0.0402. The van der Waals surface area contributed by atoms with Crippen LogP contribution in [-0.2, 0) is 11.2 Å². The molecular weight excluding hydrogens is 384 g/mol. The van der Waals surface area contributed by atoms with Crippen LogP contribution in [-0.4, -0.2) is 22.4 Å². The summed E-state index contributed by atoms with van der Waals surface area (Å²) in [6.45, 7) is 0.713. The van der Waals surface area contributed by atoms with Crippen LogP contribution >= 0.6 is 0 Å². The molecule has 4 rings (SSSR count). The molecule has 3 N–H and O–H groups in total. The number of carbonyl (C=O) groups excluding carboxylic acids is 1. The van der Waals surface area contributed by atoms with Gasteiger partial charge in [0.2, 0.25) is 5.91 Å². The van der Waals surface area contributed by atoms with Crippen LogP contribution in [0.3, 0.4) is 0 Å². The summed E-state index contributed by atoms with van der Waals surface area (Å²) in [6.07, 6.45) is 6.29. The molecule has 1 aliphatic carbocycles. The summed E-state index contributed by atoms with van der Waals surface area (Å²) < 4.78 is 0. The summed E-state index contributed by atoms with van der Waals surface area (Å²) in [4.78, 5) is 22.5. The number of nitrogens with one attached hydrogen (secondary N) is 1. The molecule has 1 aliphatic rings. The van der Waals surface area contributed by atoms with Crippen LogP contribution in [0.15, 0.2) is 72.9 Å². The van der Waals surface area contributed by atoms with Crippen LogP contribution in [0.2, 0.25) is 0 Å². The van der Waals surface area contributed by atoms with Crippen molar-refractivity contribution < 1.29 is 4.79 Å². The average Bonchev–Trinajstić information content (AvgIpc) is 2.85. The van der Waals surface area contributed by atoms with E-state index in [0.29, 0.717) is 24.7 Å². The van der Waals surface area contributed by atoms with E-state index in [1.807, 2.05) is 54.6 Å². The topological polar surface area (TPSA) is 80.9 Å². The molecule has 1 heterocycles. The van der Waals surface area contributed by atoms with E-state index in [2.05, 4.69) is 22.4 Å². The number of benzene rings is 2. The summed E-state index contributed by atoms with van der Waals surface area (Å²) in [6, 6.07) is 21.9. The maximum atomic E-state index is 13.1. The Balaban J connectivity index is 1.55. The van der Waals surface area contributed by atoms with Crippen molar-refractivity contribution in [1.29, 1.82) is 0 Å². The fourth-order valence-corrected chi connectivity index (χ4v) is 4.32. The Morgan fingerprint density at radius 2 is 1.65 bits per heavy atom. The van der Waals surface area contributed by atoms with E-state index in [9.17, 15) is 4.79 Å². The highest BCUT2D eigenvalue weighted by atomic mass is 16.1. The van der Waals surface area contributed by atoms with E-state index in [0.717, 1.165) is 42.5 Å². The van der Waals surface area contributed by atoms with Crippen molar-refractivity contribution in [2.24, 2.45) is 17.6 Å². The van der Waals surface area contributed by atoms with Gasteiger partial charge in [0.05, 0.1) is 11.7 Å². The summed E-state index contributed by atoms with van der Waals surface area (Å²) in [5.41, 5.74) is 8.86. The van der Waals surface area contributed by atoms with Gasteiger partial charge < -0.3 is 11.1 Å². The van der Waals surface area contributed by atoms with Gasteiger partial charge in [-0.25, -0.2) is 9.97 Å². The lowest BCUT2D eigenvalue weighted by Gasteiger charge is -2.28. The number of nitrogens with zero attached hydrogens (tertiary/aromatic N) is 2. The van der Waals surface area contributed by atoms with Crippen molar-refractivity contribution >= 4 is 5.91 Å². The van der Waals surface area contributed by atoms with Crippen molar-refractivity contribution in [2.45, 2.75) is 38.1 Å². The molecule has 1 aromatic heterocycles. The quantitative estimate of drug-likeness (QED) is 0.604. The van der Waals surface area contributed by atoms with Crippen LogP contribution in [0.25, 0.3) is 11.3 Å². The molecule has 5 nitrogen and oxygen atoms in total. The van der Waals surface area contributed by atoms with Crippen molar-refractivity contribution in [2.75, 3.05) is 6.54 Å². The molecule has 1 fully saturated rings. The smallest absolute Gasteiger partial charge is 0.223 e. The number of rotatable bonds is 7. The van der Waals surface area contributed by atoms with E-state index in [1.54, 1.807) is 6.20 Å². The van der Waals surface area contributed by atoms with Gasteiger partial charge in [-0.05, 0) is 56.2 Å². The monoisotopic (exact) mass is 414 g/mol. The molecule has 0 bridgehead atoms. The molecule has 1 amide bonds. The summed E-state index contributed by atoms with van der Waals surface area (Å²) in [7, 11) is 0. The first-order valence-electron chi connectivity index (χ1n) is 11.2. The van der Waals surface area contributed by atoms with E-state index >= 15 is 0 Å². The van der Waals surface area contributed by atoms with Gasteiger partial charge in [-0.2, -0.15) is 0 Å². The lowest BCUT2D eigenvalue weighted by Crippen LogP contribution is -2.38. The highest BCUT2D eigenvalue weighted by Gasteiger charge is 2.28. The average molecular weight is 415 g/mol. The third-order valence-corrected chi connectivity index (χ3v) is 6.21. The zero-order chi connectivity index (χ0) is 21.5. The molecule has 1 saturated carbocycles. The van der Waals surface area contributed by atoms with Crippen LogP contribution < -0.4 is 11.1 Å². The Kier molecular flexibility index (Phi) is 7.05. The zero-order valence-electron chi connectivity index (χ0n) is 17.8. The van der Waals surface area contributed by atoms with Gasteiger partial charge >= 0.3 is 0 Å². The summed E-state index contributed by atoms with van der Waals surface area (Å²) >= 11 is 0. The maximum absolute atomic E-state index is 13.1. The molecule has 3 aromatic rings. The van der Waals surface area contributed by atoms with Gasteiger partial charge in [-0.3, -0.25) is 4.79 Å². The van der Waals surface area contributed by atoms with Gasteiger partial charge in [0.25, 0.3) is 0 Å². The fraction of sp³-hybridized carbons (Fsp3) is 0.346. The van der Waals surface area contributed by atoms with E-state index < -0.39 is 0 Å². The minimum atomic E-state index is -0.272. The second-order valence-electron chi connectivity index (χ2n) is 8.37. The second kappa shape index (κ2) is 10.3. The van der Waals surface area contributed by atoms with Crippen molar-refractivity contribution in [3.05, 3.63) is 84.3 Å². The molecule has 5 heteroatoms. The SMILES string of the molecule is NCC1CCC(C(=O)NC(Cc2ccccc2)c2nccc(-c3ccccc3)n2)CC1. The first-order chi connectivity index (χ1) is 15.2. The minimum Gasteiger partial charge on any atom is -0.345 e. The first kappa shape index (κ1) is 21.2. The number of hydrogen-bond acceptors (Lipinski definition) is 4. The zero-order valence-corrected chi connectivity index (χ0v) is 17.8. The predicted octanol–water partition coefficient (Wildman–Crippen LogP) is 4.31. The van der Waals surface area contributed by atoms with E-state index in [1.165, 1.54) is 0 Å². The molecule has 0 spiro atoms. The number of carbonyl (C=O) groups is 1. The van der Waals surface area contributed by atoms with Gasteiger partial charge in [0, 0.05) is 17.7 Å². The summed E-state index contributed by atoms with van der Waals surface area (Å²) in [5, 5.41) is 3.27. The van der Waals surface area contributed by atoms with Gasteiger partial charge in [0.1, 0.15) is 0 Å². The standard InChI is InChI=1S/C26H30N4O/c27-18-20-11-13-22(14-12-20)26(31)30-24(17-19-7-3-1-4-8-19)25-28-16-15-23(29-25)21-9-5-2-6-10-21/h1-10,15-16,20,22,24H,11-14,17-18,27H2,(H,30,31). The molecule has 2 aromatic carbocycles. The Bertz CT molecular complexity index is 969. The largest absolute Gasteiger partial charge is 0.345 e. The van der Waals surface area contributed by atoms with Crippen LogP contribution in [0, 0.1) is 11.8 Å². The number of nitrogens with two attached hydrogens (primary N) is 1. The number of hydrogen-bond donors (Lipinski definition) is 2. The normalized spacial score (nSPS) is 19.5. The van der Waals surface area contributed by atoms with Crippen molar-refractivity contribution in [1.82, 2.24) is 15.3 Å². The molecule has 0 radical (unpaired) electrons. The third kappa shape index (κ3) is 5.56. The molecule has 1 unspecified atom stereocenters. The van der Waals surface area contributed by atoms with Crippen molar-refractivity contribution in [3.8, 4) is 11.3 Å². The van der Waals surface area contributed by atoms with Crippen LogP contribution in [0.1, 0.15) is 43.1 Å². The van der Waals surface area contributed by atoms with E-state index in [-0.39, 0.29) is 17.9 Å². The van der Waals surface area contributed by atoms with Gasteiger partial charge in [0.15, 0.2) is 5.82 Å². The highest BCUT2D eigenvalue weighted by Crippen LogP contribution is 2.29. The summed E-state index contributed by atoms with van der Waals surface area (Å²) in [5.74, 6) is 1.34. The Labute approximate surface area is 184 Å². The molecular formula is C26H30N4O. The highest BCUT2D eigenvalue weighted by molar-refractivity contribution is 5.79. The Hall–Kier alpha value is -3.05. The van der Waals surface area contributed by atoms with E-state index in [4.69, 9.17) is 10.7 Å². The van der Waals surface area contributed by atoms with Gasteiger partial charge in [-0.1, -0.05) is 60.7 Å². The molecule has 160 valence electrons. The van der Waals surface area contributed by atoms with Crippen molar-refractivity contribution in [3.63, 3.8) is 0 Å². The predicted molar refractivity (Wildman–Crippen MR) is 123 cm³/mol. The lowest BCUT2D eigenvalue weighted by atomic mass is 9.81. The molecule has 1 atom stereocenters. The fourth-order valence-electron chi connectivity index (χ4n) is 4.32. The van der Waals surface area contributed by atoms with Crippen LogP contribution in [0.5, 0.6) is 0 Å². The van der Waals surface area contributed by atoms with Crippen LogP contribution in [0.4, 0.5) is 0 Å². The molecule has 0 saturated heterocycles. The molecule has 31 heavy (non-hydrogen) atoms. The number of amides is 1. The van der Waals surface area contributed by atoms with Gasteiger partial charge in [-0.15, -0.1) is 0 Å². The lowest BCUT2D eigenvalue weighted by molar-refractivity contribution is -0.127. The number of aromatic nitrogens is 2. The first-order valence-corrected chi connectivity index (χ1v) is 11.2. The Morgan fingerprint density at radius 1 is 0.968 bits per heavy atom. The Morgan fingerprint density at radius 3 is 2.32 bits per heavy atom. The maximum Gasteiger partial charge on any atom is 0.223 e. The third-order valence-electron chi connectivity index (χ3n) is 6.21.